The number of hydrogen-bond donors (Lipinski definition) is 3. The van der Waals surface area contributed by atoms with Gasteiger partial charge in [-0.25, -0.2) is 4.79 Å². The molecule has 5 N–H and O–H groups in total. The number of pyridine rings is 1. The van der Waals surface area contributed by atoms with Gasteiger partial charge in [-0.2, -0.15) is 0 Å². The van der Waals surface area contributed by atoms with Crippen molar-refractivity contribution in [2.75, 3.05) is 11.5 Å². The highest BCUT2D eigenvalue weighted by Crippen LogP contribution is 2.16. The van der Waals surface area contributed by atoms with Crippen LogP contribution in [0.15, 0.2) is 122 Å². The van der Waals surface area contributed by atoms with E-state index in [9.17, 15) is 19.2 Å². The number of anilines is 2. The molecular weight excluding hydrogens is 604 g/mol. The van der Waals surface area contributed by atoms with Crippen molar-refractivity contribution in [3.8, 4) is 0 Å². The normalized spacial score (nSPS) is 10.3. The molecule has 0 radical (unpaired) electrons. The van der Waals surface area contributed by atoms with E-state index >= 15 is 0 Å². The van der Waals surface area contributed by atoms with Crippen molar-refractivity contribution in [1.29, 1.82) is 0 Å². The molecule has 48 heavy (non-hydrogen) atoms. The maximum atomic E-state index is 12.4. The molecule has 0 aliphatic heterocycles. The van der Waals surface area contributed by atoms with E-state index < -0.39 is 6.09 Å². The summed E-state index contributed by atoms with van der Waals surface area (Å²) in [6, 6.07) is 32.6. The fourth-order valence-corrected chi connectivity index (χ4v) is 4.70. The highest BCUT2D eigenvalue weighted by Gasteiger charge is 2.11. The van der Waals surface area contributed by atoms with Crippen LogP contribution in [-0.4, -0.2) is 28.4 Å². The van der Waals surface area contributed by atoms with Crippen LogP contribution in [0, 0.1) is 0 Å². The molecule has 4 aromatic carbocycles. The highest BCUT2D eigenvalue weighted by atomic mass is 16.5. The van der Waals surface area contributed by atoms with Crippen LogP contribution in [0.4, 0.5) is 16.2 Å². The molecule has 244 valence electrons. The number of nitrogen functional groups attached to an aromatic ring is 2. The van der Waals surface area contributed by atoms with Gasteiger partial charge < -0.3 is 21.5 Å². The van der Waals surface area contributed by atoms with Crippen LogP contribution < -0.4 is 16.8 Å². The number of amides is 1. The monoisotopic (exact) mass is 642 g/mol. The summed E-state index contributed by atoms with van der Waals surface area (Å²) in [5.41, 5.74) is 18.5. The number of hydrogen-bond acceptors (Lipinski definition) is 8. The number of Topliss-reactive ketones (excluding diaryl/α,β-unsaturated/α-hetero) is 3. The minimum Gasteiger partial charge on any atom is -0.445 e. The highest BCUT2D eigenvalue weighted by molar-refractivity contribution is 5.98. The molecular formula is C39H38N4O5. The lowest BCUT2D eigenvalue weighted by Gasteiger charge is -2.08. The number of carbonyl (C=O) groups excluding carboxylic acids is 4. The number of benzene rings is 4. The van der Waals surface area contributed by atoms with Gasteiger partial charge in [0, 0.05) is 66.3 Å². The third-order valence-corrected chi connectivity index (χ3v) is 7.35. The van der Waals surface area contributed by atoms with Gasteiger partial charge in [0.15, 0.2) is 11.6 Å². The number of nitrogens with zero attached hydrogens (tertiary/aromatic N) is 1. The Kier molecular flexibility index (Phi) is 12.7. The van der Waals surface area contributed by atoms with Crippen molar-refractivity contribution in [2.24, 2.45) is 0 Å². The summed E-state index contributed by atoms with van der Waals surface area (Å²) in [6.07, 6.45) is 3.74. The largest absolute Gasteiger partial charge is 0.445 e. The van der Waals surface area contributed by atoms with Crippen LogP contribution in [0.5, 0.6) is 0 Å². The average molecular weight is 643 g/mol. The molecule has 1 aromatic heterocycles. The van der Waals surface area contributed by atoms with Gasteiger partial charge in [0.1, 0.15) is 12.4 Å². The van der Waals surface area contributed by atoms with E-state index in [2.05, 4.69) is 10.3 Å². The first kappa shape index (κ1) is 34.8. The number of rotatable bonds is 12. The Morgan fingerprint density at radius 2 is 1.15 bits per heavy atom. The Morgan fingerprint density at radius 1 is 0.625 bits per heavy atom. The molecule has 0 aliphatic carbocycles. The lowest BCUT2D eigenvalue weighted by molar-refractivity contribution is -0.116. The molecule has 9 nitrogen and oxygen atoms in total. The Hall–Kier alpha value is -6.09. The molecule has 0 saturated carbocycles. The van der Waals surface area contributed by atoms with Crippen LogP contribution in [-0.2, 0) is 41.9 Å². The minimum absolute atomic E-state index is 0.00621. The van der Waals surface area contributed by atoms with E-state index in [0.29, 0.717) is 41.9 Å². The van der Waals surface area contributed by atoms with E-state index in [0.717, 1.165) is 27.8 Å². The maximum absolute atomic E-state index is 12.4. The molecule has 9 heteroatoms. The summed E-state index contributed by atoms with van der Waals surface area (Å²) in [4.78, 5) is 51.4. The first-order valence-corrected chi connectivity index (χ1v) is 15.4. The second-order valence-corrected chi connectivity index (χ2v) is 11.2. The molecule has 0 saturated heterocycles. The fourth-order valence-electron chi connectivity index (χ4n) is 4.70. The number of aromatic nitrogens is 1. The Labute approximate surface area is 280 Å². The van der Waals surface area contributed by atoms with E-state index in [1.165, 1.54) is 0 Å². The number of para-hydroxylation sites is 2. The number of ketones is 3. The zero-order chi connectivity index (χ0) is 34.3. The smallest absolute Gasteiger partial charge is 0.407 e. The number of ether oxygens (including phenoxy) is 1. The summed E-state index contributed by atoms with van der Waals surface area (Å²) in [5.74, 6) is 0.131. The summed E-state index contributed by atoms with van der Waals surface area (Å²) in [6.45, 7) is 2.03. The summed E-state index contributed by atoms with van der Waals surface area (Å²) in [5, 5.41) is 2.68. The quantitative estimate of drug-likeness (QED) is 0.105. The lowest BCUT2D eigenvalue weighted by Crippen LogP contribution is -2.23. The van der Waals surface area contributed by atoms with Gasteiger partial charge >= 0.3 is 6.09 Å². The number of nitrogens with two attached hydrogens (primary N) is 2. The fraction of sp³-hybridized carbons (Fsp3) is 0.154. The van der Waals surface area contributed by atoms with E-state index in [1.54, 1.807) is 61.8 Å². The molecule has 0 spiro atoms. The second-order valence-electron chi connectivity index (χ2n) is 11.2. The second kappa shape index (κ2) is 17.6. The molecule has 1 amide bonds. The van der Waals surface area contributed by atoms with Gasteiger partial charge in [0.05, 0.1) is 0 Å². The van der Waals surface area contributed by atoms with Crippen molar-refractivity contribution in [1.82, 2.24) is 10.3 Å². The Balaban J connectivity index is 0.000000229. The zero-order valence-corrected chi connectivity index (χ0v) is 26.7. The van der Waals surface area contributed by atoms with E-state index in [4.69, 9.17) is 16.2 Å². The first-order valence-electron chi connectivity index (χ1n) is 15.4. The van der Waals surface area contributed by atoms with Crippen LogP contribution in [0.2, 0.25) is 0 Å². The van der Waals surface area contributed by atoms with Gasteiger partial charge in [0.25, 0.3) is 0 Å². The van der Waals surface area contributed by atoms with E-state index in [1.807, 2.05) is 66.7 Å². The van der Waals surface area contributed by atoms with Crippen molar-refractivity contribution in [3.63, 3.8) is 0 Å². The van der Waals surface area contributed by atoms with E-state index in [-0.39, 0.29) is 30.4 Å². The summed E-state index contributed by atoms with van der Waals surface area (Å²) in [7, 11) is 0. The van der Waals surface area contributed by atoms with Gasteiger partial charge in [-0.1, -0.05) is 91.0 Å². The van der Waals surface area contributed by atoms with Crippen LogP contribution in [0.25, 0.3) is 0 Å². The lowest BCUT2D eigenvalue weighted by atomic mass is 10.00. The van der Waals surface area contributed by atoms with Crippen molar-refractivity contribution >= 4 is 34.8 Å². The van der Waals surface area contributed by atoms with Crippen molar-refractivity contribution in [3.05, 3.63) is 161 Å². The zero-order valence-electron chi connectivity index (χ0n) is 26.7. The number of alkyl carbamates (subject to hydrolysis) is 1. The molecule has 5 aromatic rings. The Morgan fingerprint density at radius 3 is 1.62 bits per heavy atom. The molecule has 0 atom stereocenters. The van der Waals surface area contributed by atoms with Crippen molar-refractivity contribution < 1.29 is 23.9 Å². The van der Waals surface area contributed by atoms with Crippen LogP contribution >= 0.6 is 0 Å². The van der Waals surface area contributed by atoms with Crippen LogP contribution in [0.3, 0.4) is 0 Å². The first-order chi connectivity index (χ1) is 23.2. The predicted octanol–water partition coefficient (Wildman–Crippen LogP) is 6.34. The van der Waals surface area contributed by atoms with Gasteiger partial charge in [-0.3, -0.25) is 19.4 Å². The summed E-state index contributed by atoms with van der Waals surface area (Å²) >= 11 is 0. The van der Waals surface area contributed by atoms with Gasteiger partial charge in [0.2, 0.25) is 0 Å². The topological polar surface area (TPSA) is 154 Å². The molecule has 0 bridgehead atoms. The Bertz CT molecular complexity index is 1840. The third-order valence-electron chi connectivity index (χ3n) is 7.35. The molecule has 1 heterocycles. The summed E-state index contributed by atoms with van der Waals surface area (Å²) < 4.78 is 5.13. The van der Waals surface area contributed by atoms with Crippen molar-refractivity contribution in [2.45, 2.75) is 39.3 Å². The standard InChI is InChI=1S/C22H21N3O3.C17H17NO2/c23-20-6-2-1-5-19(20)12-21(26)18-9-7-16(8-10-18)14-25-22(27)28-15-17-4-3-11-24-13-17;1-12(19)10-13-6-8-14(9-7-13)17(20)11-15-4-2-3-5-16(15)18/h1-11,13H,12,14-15,23H2,(H,25,27);2-9H,10-11,18H2,1H3. The van der Waals surface area contributed by atoms with Crippen LogP contribution in [0.1, 0.15) is 55.5 Å². The maximum Gasteiger partial charge on any atom is 0.407 e. The third kappa shape index (κ3) is 11.1. The average Bonchev–Trinajstić information content (AvgIpc) is 3.09. The van der Waals surface area contributed by atoms with Gasteiger partial charge in [-0.05, 0) is 47.4 Å². The van der Waals surface area contributed by atoms with Gasteiger partial charge in [-0.15, -0.1) is 0 Å². The predicted molar refractivity (Wildman–Crippen MR) is 186 cm³/mol. The minimum atomic E-state index is -0.511. The molecule has 0 aliphatic rings. The molecule has 0 unspecified atom stereocenters. The number of carbonyl (C=O) groups is 4. The SMILES string of the molecule is CC(=O)Cc1ccc(C(=O)Cc2ccccc2N)cc1.Nc1ccccc1CC(=O)c1ccc(CNC(=O)OCc2cccnc2)cc1. The molecule has 5 rings (SSSR count). The molecule has 0 fully saturated rings. The number of nitrogens with one attached hydrogen (secondary N) is 1.